The summed E-state index contributed by atoms with van der Waals surface area (Å²) in [6, 6.07) is 7.59. The largest absolute Gasteiger partial charge is 0.393 e. The fourth-order valence-electron chi connectivity index (χ4n) is 5.27. The summed E-state index contributed by atoms with van der Waals surface area (Å²) >= 11 is 7.67. The molecule has 1 aliphatic carbocycles. The number of benzene rings is 1. The molecule has 1 fully saturated rings. The van der Waals surface area contributed by atoms with Crippen LogP contribution in [0.2, 0.25) is 5.02 Å². The highest BCUT2D eigenvalue weighted by Gasteiger charge is 2.36. The highest BCUT2D eigenvalue weighted by atomic mass is 35.5. The van der Waals surface area contributed by atoms with Crippen molar-refractivity contribution in [3.63, 3.8) is 0 Å². The number of nitrogens with one attached hydrogen (secondary N) is 2. The van der Waals surface area contributed by atoms with Crippen LogP contribution in [0.1, 0.15) is 51.7 Å². The molecule has 2 aromatic heterocycles. The quantitative estimate of drug-likeness (QED) is 0.295. The van der Waals surface area contributed by atoms with Gasteiger partial charge in [0.1, 0.15) is 12.1 Å². The zero-order chi connectivity index (χ0) is 27.1. The van der Waals surface area contributed by atoms with Gasteiger partial charge in [0.2, 0.25) is 5.78 Å². The molecule has 3 aromatic rings. The lowest BCUT2D eigenvalue weighted by atomic mass is 9.79. The zero-order valence-electron chi connectivity index (χ0n) is 20.6. The average Bonchev–Trinajstić information content (AvgIpc) is 3.50. The molecular formula is C25H28ClN5O5S2. The Morgan fingerprint density at radius 2 is 2.18 bits per heavy atom. The zero-order valence-corrected chi connectivity index (χ0v) is 22.9. The van der Waals surface area contributed by atoms with Gasteiger partial charge in [-0.15, -0.1) is 11.3 Å². The number of hydrogen-bond donors (Lipinski definition) is 4. The minimum Gasteiger partial charge on any atom is -0.393 e. The van der Waals surface area contributed by atoms with Crippen molar-refractivity contribution in [2.75, 3.05) is 18.5 Å². The molecule has 2 aliphatic rings. The van der Waals surface area contributed by atoms with Gasteiger partial charge in [0.25, 0.3) is 0 Å². The van der Waals surface area contributed by atoms with Crippen LogP contribution in [0, 0.1) is 5.92 Å². The van der Waals surface area contributed by atoms with Crippen molar-refractivity contribution in [2.45, 2.75) is 43.9 Å². The number of aliphatic hydroxyl groups is 1. The van der Waals surface area contributed by atoms with Gasteiger partial charge >= 0.3 is 10.3 Å². The standard InChI is InChI=1S/C25H28ClN5O5S2/c1-25(20-8-17(26)3-2-14(20)4-5-30-25)16-7-22(37-12-16)23(33)19-10-28-13-29-24(19)31-18-6-15(21(32)9-18)11-36-38(27,34)35/h2-3,7-8,10,12-13,15,18,21,30,32H,4-6,9,11H2,1H3,(H2,27,34,35)(H,28,29,31)/t15-,18-,21+,25?/m1/s1. The van der Waals surface area contributed by atoms with Crippen LogP contribution in [0.4, 0.5) is 5.82 Å². The molecule has 5 rings (SSSR count). The Kier molecular flexibility index (Phi) is 7.57. The van der Waals surface area contributed by atoms with Crippen molar-refractivity contribution in [1.82, 2.24) is 15.3 Å². The normalized spacial score (nSPS) is 25.2. The summed E-state index contributed by atoms with van der Waals surface area (Å²) in [7, 11) is -4.10. The molecule has 5 N–H and O–H groups in total. The molecule has 1 saturated carbocycles. The number of halogens is 1. The summed E-state index contributed by atoms with van der Waals surface area (Å²) in [5, 5.41) is 24.7. The van der Waals surface area contributed by atoms with Crippen LogP contribution in [0.3, 0.4) is 0 Å². The van der Waals surface area contributed by atoms with Gasteiger partial charge in [0.15, 0.2) is 0 Å². The molecule has 13 heteroatoms. The van der Waals surface area contributed by atoms with Crippen molar-refractivity contribution in [2.24, 2.45) is 11.1 Å². The third kappa shape index (κ3) is 5.62. The summed E-state index contributed by atoms with van der Waals surface area (Å²) < 4.78 is 26.9. The Morgan fingerprint density at radius 1 is 1.37 bits per heavy atom. The Morgan fingerprint density at radius 3 is 2.97 bits per heavy atom. The van der Waals surface area contributed by atoms with E-state index in [0.717, 1.165) is 24.1 Å². The van der Waals surface area contributed by atoms with E-state index in [-0.39, 0.29) is 18.4 Å². The summed E-state index contributed by atoms with van der Waals surface area (Å²) in [6.07, 6.45) is 3.70. The minimum absolute atomic E-state index is 0.215. The van der Waals surface area contributed by atoms with Gasteiger partial charge in [-0.1, -0.05) is 17.7 Å². The lowest BCUT2D eigenvalue weighted by molar-refractivity contribution is 0.101. The monoisotopic (exact) mass is 577 g/mol. The van der Waals surface area contributed by atoms with Crippen LogP contribution in [0.15, 0.2) is 42.2 Å². The number of carbonyl (C=O) groups excluding carboxylic acids is 1. The molecular weight excluding hydrogens is 550 g/mol. The van der Waals surface area contributed by atoms with E-state index < -0.39 is 27.9 Å². The van der Waals surface area contributed by atoms with Crippen LogP contribution in [0.5, 0.6) is 0 Å². The first-order valence-corrected chi connectivity index (χ1v) is 14.9. The second-order valence-electron chi connectivity index (χ2n) is 9.83. The molecule has 0 spiro atoms. The number of thiophene rings is 1. The number of aromatic nitrogens is 2. The van der Waals surface area contributed by atoms with Crippen molar-refractivity contribution < 1.29 is 22.5 Å². The van der Waals surface area contributed by atoms with Crippen LogP contribution < -0.4 is 15.8 Å². The molecule has 0 saturated heterocycles. The maximum absolute atomic E-state index is 13.6. The van der Waals surface area contributed by atoms with E-state index in [1.807, 2.05) is 23.6 Å². The van der Waals surface area contributed by atoms with Crippen molar-refractivity contribution in [3.8, 4) is 0 Å². The predicted octanol–water partition coefficient (Wildman–Crippen LogP) is 2.60. The Bertz CT molecular complexity index is 1470. The van der Waals surface area contributed by atoms with E-state index in [1.165, 1.54) is 29.4 Å². The van der Waals surface area contributed by atoms with E-state index in [1.54, 1.807) is 0 Å². The van der Waals surface area contributed by atoms with Gasteiger partial charge in [-0.25, -0.2) is 15.1 Å². The summed E-state index contributed by atoms with van der Waals surface area (Å²) in [4.78, 5) is 22.5. The number of anilines is 1. The number of hydrogen-bond acceptors (Lipinski definition) is 10. The molecule has 0 amide bonds. The first-order chi connectivity index (χ1) is 18.0. The number of ketones is 1. The highest BCUT2D eigenvalue weighted by molar-refractivity contribution is 7.84. The third-order valence-corrected chi connectivity index (χ3v) is 8.91. The summed E-state index contributed by atoms with van der Waals surface area (Å²) in [6.45, 7) is 2.69. The predicted molar refractivity (Wildman–Crippen MR) is 145 cm³/mol. The number of aliphatic hydroxyl groups excluding tert-OH is 1. The molecule has 0 radical (unpaired) electrons. The summed E-state index contributed by atoms with van der Waals surface area (Å²) in [5.74, 6) is -0.293. The average molecular weight is 578 g/mol. The van der Waals surface area contributed by atoms with Crippen LogP contribution >= 0.6 is 22.9 Å². The second-order valence-corrected chi connectivity index (χ2v) is 12.4. The molecule has 202 valence electrons. The Balaban J connectivity index is 1.35. The van der Waals surface area contributed by atoms with Crippen LogP contribution in [-0.2, 0) is 26.4 Å². The summed E-state index contributed by atoms with van der Waals surface area (Å²) in [5.41, 5.74) is 3.11. The maximum atomic E-state index is 13.6. The molecule has 38 heavy (non-hydrogen) atoms. The molecule has 1 unspecified atom stereocenters. The lowest BCUT2D eigenvalue weighted by Gasteiger charge is -2.37. The first kappa shape index (κ1) is 27.1. The van der Waals surface area contributed by atoms with E-state index in [9.17, 15) is 18.3 Å². The number of carbonyl (C=O) groups is 1. The van der Waals surface area contributed by atoms with E-state index in [2.05, 4.69) is 37.8 Å². The van der Waals surface area contributed by atoms with Gasteiger partial charge < -0.3 is 15.7 Å². The molecule has 1 aromatic carbocycles. The van der Waals surface area contributed by atoms with Crippen molar-refractivity contribution in [3.05, 3.63) is 74.3 Å². The number of rotatable bonds is 8. The number of nitrogens with two attached hydrogens (primary N) is 1. The van der Waals surface area contributed by atoms with Crippen LogP contribution in [0.25, 0.3) is 0 Å². The van der Waals surface area contributed by atoms with E-state index in [0.29, 0.717) is 34.1 Å². The third-order valence-electron chi connectivity index (χ3n) is 7.29. The lowest BCUT2D eigenvalue weighted by Crippen LogP contribution is -2.45. The van der Waals surface area contributed by atoms with E-state index >= 15 is 0 Å². The molecule has 0 bridgehead atoms. The van der Waals surface area contributed by atoms with Crippen molar-refractivity contribution >= 4 is 44.8 Å². The topological polar surface area (TPSA) is 157 Å². The van der Waals surface area contributed by atoms with Gasteiger partial charge in [-0.05, 0) is 66.5 Å². The molecule has 10 nitrogen and oxygen atoms in total. The Hall–Kier alpha value is -2.45. The van der Waals surface area contributed by atoms with Crippen molar-refractivity contribution in [1.29, 1.82) is 0 Å². The van der Waals surface area contributed by atoms with Gasteiger partial charge in [-0.3, -0.25) is 8.98 Å². The van der Waals surface area contributed by atoms with Gasteiger partial charge in [-0.2, -0.15) is 8.42 Å². The molecule has 3 heterocycles. The molecule has 4 atom stereocenters. The molecule has 1 aliphatic heterocycles. The van der Waals surface area contributed by atoms with E-state index in [4.69, 9.17) is 16.7 Å². The number of fused-ring (bicyclic) bond motifs is 1. The first-order valence-electron chi connectivity index (χ1n) is 12.1. The Labute approximate surface area is 229 Å². The highest BCUT2D eigenvalue weighted by Crippen LogP contribution is 2.38. The second kappa shape index (κ2) is 10.6. The fourth-order valence-corrected chi connectivity index (χ4v) is 6.77. The number of nitrogens with zero attached hydrogens (tertiary/aromatic N) is 2. The SMILES string of the molecule is CC1(c2csc(C(=O)c3cncnc3N[C@@H]3C[C@H](COS(N)(=O)=O)[C@@H](O)C3)c2)NCCc2ccc(Cl)cc21. The fraction of sp³-hybridized carbons (Fsp3) is 0.400. The van der Waals surface area contributed by atoms with Gasteiger partial charge in [0.05, 0.1) is 28.7 Å². The van der Waals surface area contributed by atoms with Gasteiger partial charge in [0, 0.05) is 29.7 Å². The smallest absolute Gasteiger partial charge is 0.333 e. The minimum atomic E-state index is -4.10. The van der Waals surface area contributed by atoms with Crippen LogP contribution in [-0.4, -0.2) is 54.6 Å². The maximum Gasteiger partial charge on any atom is 0.333 e.